The van der Waals surface area contributed by atoms with E-state index in [1.54, 1.807) is 48.7 Å². The number of amides is 2. The van der Waals surface area contributed by atoms with Crippen molar-refractivity contribution >= 4 is 50.1 Å². The van der Waals surface area contributed by atoms with Gasteiger partial charge in [-0.1, -0.05) is 22.0 Å². The van der Waals surface area contributed by atoms with Gasteiger partial charge in [0.2, 0.25) is 0 Å². The number of hydrogen-bond acceptors (Lipinski definition) is 4. The zero-order valence-corrected chi connectivity index (χ0v) is 17.6. The van der Waals surface area contributed by atoms with Gasteiger partial charge < -0.3 is 25.7 Å². The number of anilines is 3. The highest BCUT2D eigenvalue weighted by atomic mass is 79.9. The number of urea groups is 1. The molecule has 0 aliphatic rings. The number of carbonyl (C=O) groups is 1. The van der Waals surface area contributed by atoms with Crippen molar-refractivity contribution in [2.75, 3.05) is 23.5 Å². The van der Waals surface area contributed by atoms with Crippen LogP contribution in [0.1, 0.15) is 8.30 Å². The highest BCUT2D eigenvalue weighted by Gasteiger charge is 2.12. The summed E-state index contributed by atoms with van der Waals surface area (Å²) >= 11 is 3.38. The number of nitrogens with two attached hydrogens (primary N) is 1. The van der Waals surface area contributed by atoms with E-state index in [1.165, 1.54) is 23.9 Å². The average Bonchev–Trinajstić information content (AvgIpc) is 3.20. The Morgan fingerprint density at radius 3 is 2.83 bits per heavy atom. The van der Waals surface area contributed by atoms with Crippen LogP contribution < -0.4 is 21.1 Å². The van der Waals surface area contributed by atoms with Crippen molar-refractivity contribution < 1.29 is 12.3 Å². The minimum absolute atomic E-state index is 0.241. The molecule has 30 heavy (non-hydrogen) atoms. The van der Waals surface area contributed by atoms with E-state index in [0.717, 1.165) is 4.47 Å². The average molecular weight is 468 g/mol. The molecule has 2 aromatic heterocycles. The maximum Gasteiger partial charge on any atom is 0.323 e. The number of halogens is 1. The van der Waals surface area contributed by atoms with E-state index in [1.807, 2.05) is 6.07 Å². The number of nitrogens with one attached hydrogen (secondary N) is 2. The molecule has 0 radical (unpaired) electrons. The SMILES string of the molecule is [2H]C([2H])(c1ccnc(N)c1)n1ccc2c(NC(=O)Nc3cc(Br)ccc3OC)cccc21. The third-order valence-electron chi connectivity index (χ3n) is 4.42. The summed E-state index contributed by atoms with van der Waals surface area (Å²) in [6, 6.07) is 15.0. The van der Waals surface area contributed by atoms with E-state index in [0.29, 0.717) is 33.6 Å². The molecule has 7 nitrogen and oxygen atoms in total. The molecule has 0 fully saturated rings. The molecule has 2 aromatic carbocycles. The largest absolute Gasteiger partial charge is 0.495 e. The van der Waals surface area contributed by atoms with E-state index >= 15 is 0 Å². The van der Waals surface area contributed by atoms with Gasteiger partial charge in [0.15, 0.2) is 0 Å². The van der Waals surface area contributed by atoms with Crippen molar-refractivity contribution in [3.8, 4) is 5.75 Å². The van der Waals surface area contributed by atoms with Crippen LogP contribution in [0.15, 0.2) is 71.5 Å². The minimum atomic E-state index is -1.87. The second-order valence-electron chi connectivity index (χ2n) is 6.43. The van der Waals surface area contributed by atoms with E-state index in [4.69, 9.17) is 13.2 Å². The fourth-order valence-corrected chi connectivity index (χ4v) is 3.45. The summed E-state index contributed by atoms with van der Waals surface area (Å²) in [6.07, 6.45) is 3.11. The van der Waals surface area contributed by atoms with Gasteiger partial charge in [-0.3, -0.25) is 0 Å². The van der Waals surface area contributed by atoms with Crippen LogP contribution >= 0.6 is 15.9 Å². The number of nitrogen functional groups attached to an aromatic ring is 1. The molecular formula is C22H20BrN5O2. The summed E-state index contributed by atoms with van der Waals surface area (Å²) in [6.45, 7) is -1.87. The van der Waals surface area contributed by atoms with Crippen molar-refractivity contribution in [1.82, 2.24) is 9.55 Å². The fourth-order valence-electron chi connectivity index (χ4n) is 3.08. The highest BCUT2D eigenvalue weighted by Crippen LogP contribution is 2.29. The summed E-state index contributed by atoms with van der Waals surface area (Å²) < 4.78 is 24.9. The topological polar surface area (TPSA) is 94.2 Å². The lowest BCUT2D eigenvalue weighted by molar-refractivity contribution is 0.262. The maximum absolute atomic E-state index is 12.7. The molecular weight excluding hydrogens is 446 g/mol. The number of fused-ring (bicyclic) bond motifs is 1. The second-order valence-corrected chi connectivity index (χ2v) is 7.34. The normalized spacial score (nSPS) is 12.2. The first-order valence-electron chi connectivity index (χ1n) is 10.0. The number of hydrogen-bond donors (Lipinski definition) is 3. The third kappa shape index (κ3) is 4.23. The van der Waals surface area contributed by atoms with Crippen LogP contribution in [0, 0.1) is 0 Å². The summed E-state index contributed by atoms with van der Waals surface area (Å²) in [5.74, 6) is 0.766. The molecule has 0 saturated carbocycles. The zero-order valence-electron chi connectivity index (χ0n) is 18.0. The Morgan fingerprint density at radius 2 is 2.03 bits per heavy atom. The molecule has 4 rings (SSSR count). The molecule has 0 aliphatic heterocycles. The van der Waals surface area contributed by atoms with Gasteiger partial charge in [-0.25, -0.2) is 9.78 Å². The summed E-state index contributed by atoms with van der Waals surface area (Å²) in [4.78, 5) is 16.6. The van der Waals surface area contributed by atoms with Crippen molar-refractivity contribution in [3.63, 3.8) is 0 Å². The third-order valence-corrected chi connectivity index (χ3v) is 4.91. The van der Waals surface area contributed by atoms with Crippen molar-refractivity contribution in [1.29, 1.82) is 0 Å². The first kappa shape index (κ1) is 17.3. The number of aromatic nitrogens is 2. The molecule has 0 atom stereocenters. The Hall–Kier alpha value is -3.52. The van der Waals surface area contributed by atoms with Gasteiger partial charge in [0, 0.05) is 28.7 Å². The van der Waals surface area contributed by atoms with E-state index < -0.39 is 12.5 Å². The number of methoxy groups -OCH3 is 1. The molecule has 152 valence electrons. The molecule has 8 heteroatoms. The van der Waals surface area contributed by atoms with Gasteiger partial charge in [-0.05, 0) is 54.1 Å². The number of nitrogens with zero attached hydrogens (tertiary/aromatic N) is 2. The maximum atomic E-state index is 12.7. The predicted molar refractivity (Wildman–Crippen MR) is 123 cm³/mol. The van der Waals surface area contributed by atoms with E-state index in [-0.39, 0.29) is 5.82 Å². The highest BCUT2D eigenvalue weighted by molar-refractivity contribution is 9.10. The Kier molecular flexibility index (Phi) is 4.89. The Bertz CT molecular complexity index is 1310. The van der Waals surface area contributed by atoms with Gasteiger partial charge in [0.25, 0.3) is 0 Å². The van der Waals surface area contributed by atoms with Gasteiger partial charge in [0.1, 0.15) is 11.6 Å². The van der Waals surface area contributed by atoms with Gasteiger partial charge in [-0.15, -0.1) is 0 Å². The number of carbonyl (C=O) groups excluding carboxylic acids is 1. The summed E-state index contributed by atoms with van der Waals surface area (Å²) in [7, 11) is 1.53. The molecule has 0 bridgehead atoms. The summed E-state index contributed by atoms with van der Waals surface area (Å²) in [5.41, 5.74) is 7.78. The van der Waals surface area contributed by atoms with E-state index in [2.05, 4.69) is 31.5 Å². The van der Waals surface area contributed by atoms with E-state index in [9.17, 15) is 4.79 Å². The van der Waals surface area contributed by atoms with Crippen LogP contribution in [0.3, 0.4) is 0 Å². The van der Waals surface area contributed by atoms with Crippen LogP contribution in [-0.4, -0.2) is 22.7 Å². The molecule has 2 heterocycles. The van der Waals surface area contributed by atoms with Gasteiger partial charge >= 0.3 is 6.03 Å². The van der Waals surface area contributed by atoms with Crippen molar-refractivity contribution in [2.24, 2.45) is 0 Å². The van der Waals surface area contributed by atoms with Crippen molar-refractivity contribution in [3.05, 3.63) is 77.0 Å². The number of ether oxygens (including phenoxy) is 1. The molecule has 2 amide bonds. The quantitative estimate of drug-likeness (QED) is 0.381. The predicted octanol–water partition coefficient (Wildman–Crippen LogP) is 5.08. The smallest absolute Gasteiger partial charge is 0.323 e. The lowest BCUT2D eigenvalue weighted by Crippen LogP contribution is -2.20. The van der Waals surface area contributed by atoms with Gasteiger partial charge in [-0.2, -0.15) is 0 Å². The zero-order chi connectivity index (χ0) is 22.9. The fraction of sp³-hybridized carbons (Fsp3) is 0.0909. The molecule has 0 spiro atoms. The second kappa shape index (κ2) is 8.46. The van der Waals surface area contributed by atoms with Crippen LogP contribution in [0.2, 0.25) is 0 Å². The monoisotopic (exact) mass is 467 g/mol. The number of rotatable bonds is 5. The van der Waals surface area contributed by atoms with Crippen molar-refractivity contribution in [2.45, 2.75) is 6.50 Å². The summed E-state index contributed by atoms with van der Waals surface area (Å²) in [5, 5.41) is 6.30. The van der Waals surface area contributed by atoms with Crippen LogP contribution in [0.5, 0.6) is 5.75 Å². The first-order valence-corrected chi connectivity index (χ1v) is 9.83. The number of benzene rings is 2. The standard InChI is InChI=1S/C22H20BrN5O2/c1-30-20-6-5-15(23)12-18(20)27-22(29)26-17-3-2-4-19-16(17)8-10-28(19)13-14-7-9-25-21(24)11-14/h2-12H,13H2,1H3,(H2,24,25)(H2,26,27,29)/i13D2. The Labute approximate surface area is 184 Å². The molecule has 0 unspecified atom stereocenters. The first-order chi connectivity index (χ1) is 15.3. The Balaban J connectivity index is 1.64. The Morgan fingerprint density at radius 1 is 1.20 bits per heavy atom. The lowest BCUT2D eigenvalue weighted by atomic mass is 10.2. The lowest BCUT2D eigenvalue weighted by Gasteiger charge is -2.12. The molecule has 0 aliphatic carbocycles. The van der Waals surface area contributed by atoms with Crippen LogP contribution in [-0.2, 0) is 6.50 Å². The van der Waals surface area contributed by atoms with Crippen LogP contribution in [0.4, 0.5) is 22.0 Å². The minimum Gasteiger partial charge on any atom is -0.495 e. The molecule has 0 saturated heterocycles. The number of pyridine rings is 1. The van der Waals surface area contributed by atoms with Gasteiger partial charge in [0.05, 0.1) is 26.7 Å². The molecule has 4 N–H and O–H groups in total. The van der Waals surface area contributed by atoms with Crippen LogP contribution in [0.25, 0.3) is 10.9 Å². The molecule has 4 aromatic rings.